The number of carbonyl (C=O) groups excluding carboxylic acids is 1. The summed E-state index contributed by atoms with van der Waals surface area (Å²) in [6, 6.07) is 13.7. The minimum absolute atomic E-state index is 0.0231. The molecule has 2 aliphatic rings. The lowest BCUT2D eigenvalue weighted by atomic mass is 10.00. The second kappa shape index (κ2) is 8.24. The third-order valence-electron chi connectivity index (χ3n) is 5.99. The van der Waals surface area contributed by atoms with Crippen LogP contribution in [-0.2, 0) is 0 Å². The standard InChI is InChI=1S/C23H26N4O2S/c1-2-26-10-12-27(13-11-26)23-25-19-8-7-16(15-21(19)30-23)22(28)24-18-9-14-29-20-6-4-3-5-17(18)20/h3-8,15,18H,2,9-14H2,1H3,(H,24,28)/t18-/m0/s1. The first-order valence-electron chi connectivity index (χ1n) is 10.6. The van der Waals surface area contributed by atoms with Gasteiger partial charge in [0.1, 0.15) is 5.75 Å². The van der Waals surface area contributed by atoms with E-state index in [-0.39, 0.29) is 11.9 Å². The number of aromatic nitrogens is 1. The SMILES string of the molecule is CCN1CCN(c2nc3ccc(C(=O)N[C@H]4CCOc5ccccc54)cc3s2)CC1. The summed E-state index contributed by atoms with van der Waals surface area (Å²) in [5, 5.41) is 4.24. The Bertz CT molecular complexity index is 1060. The molecule has 30 heavy (non-hydrogen) atoms. The summed E-state index contributed by atoms with van der Waals surface area (Å²) in [5.74, 6) is 0.810. The molecule has 1 atom stereocenters. The van der Waals surface area contributed by atoms with Crippen molar-refractivity contribution in [2.45, 2.75) is 19.4 Å². The van der Waals surface area contributed by atoms with Crippen LogP contribution in [0.15, 0.2) is 42.5 Å². The van der Waals surface area contributed by atoms with Gasteiger partial charge in [0.15, 0.2) is 5.13 Å². The summed E-state index contributed by atoms with van der Waals surface area (Å²) >= 11 is 1.68. The van der Waals surface area contributed by atoms with Gasteiger partial charge in [-0.25, -0.2) is 4.98 Å². The molecule has 0 aliphatic carbocycles. The molecule has 3 heterocycles. The molecule has 1 amide bonds. The molecular formula is C23H26N4O2S. The minimum atomic E-state index is -0.0508. The number of piperazine rings is 1. The van der Waals surface area contributed by atoms with Crippen molar-refractivity contribution in [3.8, 4) is 5.75 Å². The molecule has 2 aliphatic heterocycles. The molecule has 6 nitrogen and oxygen atoms in total. The number of para-hydroxylation sites is 1. The van der Waals surface area contributed by atoms with Crippen molar-refractivity contribution >= 4 is 32.6 Å². The van der Waals surface area contributed by atoms with Gasteiger partial charge in [-0.15, -0.1) is 0 Å². The number of nitrogens with one attached hydrogen (secondary N) is 1. The zero-order valence-corrected chi connectivity index (χ0v) is 18.0. The quantitative estimate of drug-likeness (QED) is 0.695. The molecule has 0 unspecified atom stereocenters. The van der Waals surface area contributed by atoms with Crippen molar-refractivity contribution in [3.63, 3.8) is 0 Å². The first kappa shape index (κ1) is 19.3. The molecule has 1 aromatic heterocycles. The van der Waals surface area contributed by atoms with Crippen molar-refractivity contribution in [1.29, 1.82) is 0 Å². The number of thiazole rings is 1. The predicted octanol–water partition coefficient (Wildman–Crippen LogP) is 3.69. The summed E-state index contributed by atoms with van der Waals surface area (Å²) in [7, 11) is 0. The molecule has 1 N–H and O–H groups in total. The Morgan fingerprint density at radius 1 is 1.20 bits per heavy atom. The number of nitrogens with zero attached hydrogens (tertiary/aromatic N) is 3. The number of carbonyl (C=O) groups is 1. The highest BCUT2D eigenvalue weighted by Gasteiger charge is 2.24. The Balaban J connectivity index is 1.32. The van der Waals surface area contributed by atoms with Crippen molar-refractivity contribution in [3.05, 3.63) is 53.6 Å². The molecule has 1 saturated heterocycles. The van der Waals surface area contributed by atoms with Crippen molar-refractivity contribution < 1.29 is 9.53 Å². The van der Waals surface area contributed by atoms with Gasteiger partial charge >= 0.3 is 0 Å². The normalized spacial score (nSPS) is 19.4. The molecule has 5 rings (SSSR count). The van der Waals surface area contributed by atoms with Crippen LogP contribution in [0.1, 0.15) is 35.3 Å². The Morgan fingerprint density at radius 2 is 2.03 bits per heavy atom. The second-order valence-electron chi connectivity index (χ2n) is 7.80. The van der Waals surface area contributed by atoms with Crippen LogP contribution >= 0.6 is 11.3 Å². The van der Waals surface area contributed by atoms with E-state index in [1.165, 1.54) is 0 Å². The number of ether oxygens (including phenoxy) is 1. The average Bonchev–Trinajstić information content (AvgIpc) is 3.23. The van der Waals surface area contributed by atoms with Crippen LogP contribution in [0.25, 0.3) is 10.2 Å². The summed E-state index contributed by atoms with van der Waals surface area (Å²) in [6.07, 6.45) is 0.777. The number of likely N-dealkylation sites (N-methyl/N-ethyl adjacent to an activating group) is 1. The summed E-state index contributed by atoms with van der Waals surface area (Å²) < 4.78 is 6.77. The van der Waals surface area contributed by atoms with E-state index in [2.05, 4.69) is 22.0 Å². The zero-order chi connectivity index (χ0) is 20.5. The fourth-order valence-corrected chi connectivity index (χ4v) is 5.23. The van der Waals surface area contributed by atoms with Gasteiger partial charge in [-0.2, -0.15) is 0 Å². The Morgan fingerprint density at radius 3 is 2.87 bits per heavy atom. The van der Waals surface area contributed by atoms with Gasteiger partial charge in [-0.05, 0) is 30.8 Å². The van der Waals surface area contributed by atoms with E-state index in [1.54, 1.807) is 11.3 Å². The van der Waals surface area contributed by atoms with Crippen LogP contribution < -0.4 is 15.0 Å². The van der Waals surface area contributed by atoms with Crippen LogP contribution in [0.2, 0.25) is 0 Å². The topological polar surface area (TPSA) is 57.7 Å². The molecule has 1 fully saturated rings. The van der Waals surface area contributed by atoms with Crippen molar-refractivity contribution in [1.82, 2.24) is 15.2 Å². The number of hydrogen-bond donors (Lipinski definition) is 1. The van der Waals surface area contributed by atoms with Gasteiger partial charge < -0.3 is 19.9 Å². The first-order valence-corrected chi connectivity index (χ1v) is 11.4. The maximum absolute atomic E-state index is 13.0. The molecule has 156 valence electrons. The molecule has 0 radical (unpaired) electrons. The summed E-state index contributed by atoms with van der Waals surface area (Å²) in [6.45, 7) is 8.08. The van der Waals surface area contributed by atoms with Crippen LogP contribution in [0.4, 0.5) is 5.13 Å². The molecule has 0 spiro atoms. The van der Waals surface area contributed by atoms with Gasteiger partial charge in [0.2, 0.25) is 0 Å². The van der Waals surface area contributed by atoms with Crippen LogP contribution in [0.3, 0.4) is 0 Å². The maximum atomic E-state index is 13.0. The number of fused-ring (bicyclic) bond motifs is 2. The Kier molecular flexibility index (Phi) is 5.31. The second-order valence-corrected chi connectivity index (χ2v) is 8.81. The number of anilines is 1. The van der Waals surface area contributed by atoms with Crippen LogP contribution in [0, 0.1) is 0 Å². The lowest BCUT2D eigenvalue weighted by Gasteiger charge is -2.33. The lowest BCUT2D eigenvalue weighted by molar-refractivity contribution is 0.0925. The first-order chi connectivity index (χ1) is 14.7. The van der Waals surface area contributed by atoms with Crippen LogP contribution in [-0.4, -0.2) is 55.1 Å². The largest absolute Gasteiger partial charge is 0.493 e. The number of benzene rings is 2. The van der Waals surface area contributed by atoms with Gasteiger partial charge in [0, 0.05) is 43.7 Å². The summed E-state index contributed by atoms with van der Waals surface area (Å²) in [5.41, 5.74) is 2.68. The molecule has 3 aromatic rings. The Labute approximate surface area is 180 Å². The zero-order valence-electron chi connectivity index (χ0n) is 17.1. The third kappa shape index (κ3) is 3.75. The van der Waals surface area contributed by atoms with E-state index in [4.69, 9.17) is 9.72 Å². The number of hydrogen-bond acceptors (Lipinski definition) is 6. The molecule has 0 bridgehead atoms. The van der Waals surface area contributed by atoms with Gasteiger partial charge in [-0.3, -0.25) is 4.79 Å². The van der Waals surface area contributed by atoms with Gasteiger partial charge in [0.25, 0.3) is 5.91 Å². The van der Waals surface area contributed by atoms with Crippen LogP contribution in [0.5, 0.6) is 5.75 Å². The van der Waals surface area contributed by atoms with Crippen molar-refractivity contribution in [2.24, 2.45) is 0 Å². The highest BCUT2D eigenvalue weighted by molar-refractivity contribution is 7.22. The molecule has 2 aromatic carbocycles. The van der Waals surface area contributed by atoms with Crippen molar-refractivity contribution in [2.75, 3.05) is 44.2 Å². The van der Waals surface area contributed by atoms with E-state index < -0.39 is 0 Å². The smallest absolute Gasteiger partial charge is 0.251 e. The molecule has 7 heteroatoms. The van der Waals surface area contributed by atoms with E-state index in [9.17, 15) is 4.79 Å². The highest BCUT2D eigenvalue weighted by atomic mass is 32.1. The molecule has 0 saturated carbocycles. The van der Waals surface area contributed by atoms with E-state index in [1.807, 2.05) is 42.5 Å². The monoisotopic (exact) mass is 422 g/mol. The fraction of sp³-hybridized carbons (Fsp3) is 0.391. The molecular weight excluding hydrogens is 396 g/mol. The van der Waals surface area contributed by atoms with Gasteiger partial charge in [-0.1, -0.05) is 36.5 Å². The van der Waals surface area contributed by atoms with Gasteiger partial charge in [0.05, 0.1) is 22.9 Å². The highest BCUT2D eigenvalue weighted by Crippen LogP contribution is 2.33. The lowest BCUT2D eigenvalue weighted by Crippen LogP contribution is -2.46. The summed E-state index contributed by atoms with van der Waals surface area (Å²) in [4.78, 5) is 22.6. The maximum Gasteiger partial charge on any atom is 0.251 e. The fourth-order valence-electron chi connectivity index (χ4n) is 4.18. The number of rotatable bonds is 4. The third-order valence-corrected chi connectivity index (χ3v) is 7.07. The predicted molar refractivity (Wildman–Crippen MR) is 121 cm³/mol. The minimum Gasteiger partial charge on any atom is -0.493 e. The van der Waals surface area contributed by atoms with E-state index >= 15 is 0 Å². The number of amides is 1. The van der Waals surface area contributed by atoms with E-state index in [0.717, 1.165) is 65.8 Å². The Hall–Kier alpha value is -2.64. The van der Waals surface area contributed by atoms with E-state index in [0.29, 0.717) is 12.2 Å². The average molecular weight is 423 g/mol.